The lowest BCUT2D eigenvalue weighted by Crippen LogP contribution is -2.26. The number of nitrogens with two attached hydrogens (primary N) is 1. The molecule has 0 radical (unpaired) electrons. The van der Waals surface area contributed by atoms with Gasteiger partial charge >= 0.3 is 0 Å². The Morgan fingerprint density at radius 3 is 2.95 bits per heavy atom. The molecule has 0 aliphatic heterocycles. The first-order valence-electron chi connectivity index (χ1n) is 5.80. The number of hydrogen-bond donors (Lipinski definition) is 2. The number of nitrogens with one attached hydrogen (secondary N) is 1. The van der Waals surface area contributed by atoms with E-state index in [1.165, 1.54) is 12.1 Å². The Balaban J connectivity index is 1.90. The van der Waals surface area contributed by atoms with Crippen LogP contribution in [0.15, 0.2) is 23.6 Å². The van der Waals surface area contributed by atoms with Crippen LogP contribution in [-0.4, -0.2) is 17.4 Å². The first-order chi connectivity index (χ1) is 9.06. The van der Waals surface area contributed by atoms with Gasteiger partial charge in [-0.05, 0) is 25.1 Å². The maximum Gasteiger partial charge on any atom is 0.254 e. The normalized spacial score (nSPS) is 10.4. The monoisotopic (exact) mass is 279 g/mol. The fourth-order valence-electron chi connectivity index (χ4n) is 1.61. The van der Waals surface area contributed by atoms with E-state index in [4.69, 9.17) is 5.73 Å². The molecule has 4 nitrogen and oxygen atoms in total. The Kier molecular flexibility index (Phi) is 4.11. The second kappa shape index (κ2) is 5.79. The molecule has 0 fully saturated rings. The van der Waals surface area contributed by atoms with Crippen LogP contribution in [0.25, 0.3) is 0 Å². The van der Waals surface area contributed by atoms with Crippen LogP contribution >= 0.6 is 11.3 Å². The van der Waals surface area contributed by atoms with Gasteiger partial charge in [0, 0.05) is 29.7 Å². The van der Waals surface area contributed by atoms with Crippen molar-refractivity contribution in [3.8, 4) is 0 Å². The van der Waals surface area contributed by atoms with E-state index in [1.807, 2.05) is 12.3 Å². The number of carbonyl (C=O) groups excluding carboxylic acids is 1. The van der Waals surface area contributed by atoms with Gasteiger partial charge in [0.05, 0.1) is 10.6 Å². The highest BCUT2D eigenvalue weighted by atomic mass is 32.1. The van der Waals surface area contributed by atoms with E-state index >= 15 is 0 Å². The quantitative estimate of drug-likeness (QED) is 0.843. The summed E-state index contributed by atoms with van der Waals surface area (Å²) in [6.45, 7) is 2.35. The van der Waals surface area contributed by atoms with Crippen LogP contribution in [0.3, 0.4) is 0 Å². The van der Waals surface area contributed by atoms with Gasteiger partial charge in [0.25, 0.3) is 5.91 Å². The Hall–Kier alpha value is -1.95. The molecule has 6 heteroatoms. The molecule has 0 bridgehead atoms. The number of thiazole rings is 1. The van der Waals surface area contributed by atoms with E-state index < -0.39 is 11.7 Å². The summed E-state index contributed by atoms with van der Waals surface area (Å²) in [5, 5.41) is 5.57. The zero-order valence-electron chi connectivity index (χ0n) is 10.4. The van der Waals surface area contributed by atoms with E-state index in [2.05, 4.69) is 10.3 Å². The minimum atomic E-state index is -0.609. The van der Waals surface area contributed by atoms with Crippen LogP contribution in [0.5, 0.6) is 0 Å². The standard InChI is InChI=1S/C13H14FN3OS/c1-8-7-19-12(17-8)4-5-16-13(18)10-3-2-9(15)6-11(10)14/h2-3,6-7H,4-5,15H2,1H3,(H,16,18). The lowest BCUT2D eigenvalue weighted by Gasteiger charge is -2.05. The van der Waals surface area contributed by atoms with E-state index in [0.29, 0.717) is 18.7 Å². The first kappa shape index (κ1) is 13.5. The molecule has 19 heavy (non-hydrogen) atoms. The van der Waals surface area contributed by atoms with E-state index in [0.717, 1.165) is 16.8 Å². The van der Waals surface area contributed by atoms with Crippen molar-refractivity contribution in [2.75, 3.05) is 12.3 Å². The first-order valence-corrected chi connectivity index (χ1v) is 6.68. The molecule has 3 N–H and O–H groups in total. The molecule has 0 aliphatic rings. The number of carbonyl (C=O) groups is 1. The molecule has 0 aliphatic carbocycles. The maximum atomic E-state index is 13.5. The summed E-state index contributed by atoms with van der Waals surface area (Å²) in [6.07, 6.45) is 0.640. The summed E-state index contributed by atoms with van der Waals surface area (Å²) in [4.78, 5) is 16.0. The third kappa shape index (κ3) is 3.51. The number of nitrogens with zero attached hydrogens (tertiary/aromatic N) is 1. The SMILES string of the molecule is Cc1csc(CCNC(=O)c2ccc(N)cc2F)n1. The van der Waals surface area contributed by atoms with Crippen molar-refractivity contribution in [3.05, 3.63) is 45.7 Å². The lowest BCUT2D eigenvalue weighted by molar-refractivity contribution is 0.0950. The number of benzene rings is 1. The predicted molar refractivity (Wildman–Crippen MR) is 73.7 cm³/mol. The average Bonchev–Trinajstić information content (AvgIpc) is 2.75. The van der Waals surface area contributed by atoms with Gasteiger partial charge in [-0.3, -0.25) is 4.79 Å². The zero-order chi connectivity index (χ0) is 13.8. The Labute approximate surface area is 114 Å². The van der Waals surface area contributed by atoms with Gasteiger partial charge in [0.1, 0.15) is 5.82 Å². The fraction of sp³-hybridized carbons (Fsp3) is 0.231. The number of rotatable bonds is 4. The van der Waals surface area contributed by atoms with Crippen LogP contribution in [0, 0.1) is 12.7 Å². The Morgan fingerprint density at radius 2 is 2.32 bits per heavy atom. The number of halogens is 1. The number of nitrogen functional groups attached to an aromatic ring is 1. The molecule has 0 atom stereocenters. The lowest BCUT2D eigenvalue weighted by atomic mass is 10.2. The number of amides is 1. The highest BCUT2D eigenvalue weighted by molar-refractivity contribution is 7.09. The van der Waals surface area contributed by atoms with Gasteiger partial charge in [0.15, 0.2) is 0 Å². The maximum absolute atomic E-state index is 13.5. The molecule has 2 rings (SSSR count). The van der Waals surface area contributed by atoms with Gasteiger partial charge < -0.3 is 11.1 Å². The molecule has 100 valence electrons. The molecule has 2 aromatic rings. The van der Waals surface area contributed by atoms with Crippen molar-refractivity contribution in [2.24, 2.45) is 0 Å². The molecule has 0 unspecified atom stereocenters. The minimum Gasteiger partial charge on any atom is -0.399 e. The summed E-state index contributed by atoms with van der Waals surface area (Å²) in [5.74, 6) is -1.05. The minimum absolute atomic E-state index is 0.00418. The predicted octanol–water partition coefficient (Wildman–Crippen LogP) is 2.15. The van der Waals surface area contributed by atoms with Crippen molar-refractivity contribution >= 4 is 22.9 Å². The highest BCUT2D eigenvalue weighted by Gasteiger charge is 2.11. The van der Waals surface area contributed by atoms with E-state index in [1.54, 1.807) is 11.3 Å². The number of hydrogen-bond acceptors (Lipinski definition) is 4. The van der Waals surface area contributed by atoms with Gasteiger partial charge in [-0.25, -0.2) is 9.37 Å². The molecule has 1 aromatic heterocycles. The van der Waals surface area contributed by atoms with Gasteiger partial charge in [-0.2, -0.15) is 0 Å². The summed E-state index contributed by atoms with van der Waals surface area (Å²) in [6, 6.07) is 4.02. The van der Waals surface area contributed by atoms with E-state index in [-0.39, 0.29) is 5.56 Å². The zero-order valence-corrected chi connectivity index (χ0v) is 11.3. The smallest absolute Gasteiger partial charge is 0.254 e. The van der Waals surface area contributed by atoms with E-state index in [9.17, 15) is 9.18 Å². The summed E-state index contributed by atoms with van der Waals surface area (Å²) in [5.41, 5.74) is 6.70. The van der Waals surface area contributed by atoms with Crippen LogP contribution in [0.1, 0.15) is 21.1 Å². The molecular weight excluding hydrogens is 265 g/mol. The summed E-state index contributed by atoms with van der Waals surface area (Å²) in [7, 11) is 0. The number of aromatic nitrogens is 1. The van der Waals surface area contributed by atoms with Crippen LogP contribution in [0.4, 0.5) is 10.1 Å². The van der Waals surface area contributed by atoms with Crippen LogP contribution in [-0.2, 0) is 6.42 Å². The third-order valence-electron chi connectivity index (χ3n) is 2.53. The molecule has 1 aromatic carbocycles. The molecule has 0 saturated carbocycles. The second-order valence-electron chi connectivity index (χ2n) is 4.13. The molecule has 0 spiro atoms. The third-order valence-corrected chi connectivity index (χ3v) is 3.56. The molecular formula is C13H14FN3OS. The van der Waals surface area contributed by atoms with Crippen molar-refractivity contribution in [3.63, 3.8) is 0 Å². The average molecular weight is 279 g/mol. The number of anilines is 1. The molecule has 1 heterocycles. The largest absolute Gasteiger partial charge is 0.399 e. The molecule has 1 amide bonds. The highest BCUT2D eigenvalue weighted by Crippen LogP contribution is 2.12. The topological polar surface area (TPSA) is 68.0 Å². The molecule has 0 saturated heterocycles. The fourth-order valence-corrected chi connectivity index (χ4v) is 2.39. The summed E-state index contributed by atoms with van der Waals surface area (Å²) < 4.78 is 13.5. The van der Waals surface area contributed by atoms with Crippen molar-refractivity contribution in [1.82, 2.24) is 10.3 Å². The van der Waals surface area contributed by atoms with Crippen molar-refractivity contribution in [1.29, 1.82) is 0 Å². The Morgan fingerprint density at radius 1 is 1.53 bits per heavy atom. The summed E-state index contributed by atoms with van der Waals surface area (Å²) >= 11 is 1.55. The van der Waals surface area contributed by atoms with Gasteiger partial charge in [0.2, 0.25) is 0 Å². The van der Waals surface area contributed by atoms with Crippen LogP contribution in [0.2, 0.25) is 0 Å². The number of aryl methyl sites for hydroxylation is 1. The van der Waals surface area contributed by atoms with Gasteiger partial charge in [-0.15, -0.1) is 11.3 Å². The van der Waals surface area contributed by atoms with Crippen molar-refractivity contribution in [2.45, 2.75) is 13.3 Å². The van der Waals surface area contributed by atoms with Crippen LogP contribution < -0.4 is 11.1 Å². The Bertz CT molecular complexity index is 597. The second-order valence-corrected chi connectivity index (χ2v) is 5.07. The van der Waals surface area contributed by atoms with Crippen molar-refractivity contribution < 1.29 is 9.18 Å². The van der Waals surface area contributed by atoms with Gasteiger partial charge in [-0.1, -0.05) is 0 Å².